The summed E-state index contributed by atoms with van der Waals surface area (Å²) in [6, 6.07) is 16.4. The fourth-order valence-electron chi connectivity index (χ4n) is 2.15. The lowest BCUT2D eigenvalue weighted by molar-refractivity contribution is -0.141. The van der Waals surface area contributed by atoms with Crippen LogP contribution in [0.5, 0.6) is 5.75 Å². The number of benzene rings is 2. The van der Waals surface area contributed by atoms with Gasteiger partial charge in [0.05, 0.1) is 6.61 Å². The molecule has 0 saturated carbocycles. The Labute approximate surface area is 136 Å². The largest absolute Gasteiger partial charge is 0.460 e. The maximum Gasteiger partial charge on any atom is 0.373 e. The van der Waals surface area contributed by atoms with Crippen LogP contribution in [0.15, 0.2) is 66.4 Å². The number of ether oxygens (including phenoxy) is 2. The van der Waals surface area contributed by atoms with Gasteiger partial charge in [-0.3, -0.25) is 0 Å². The number of carbonyl (C=O) groups excluding carboxylic acids is 1. The van der Waals surface area contributed by atoms with Crippen molar-refractivity contribution in [2.75, 3.05) is 6.61 Å². The fraction of sp³-hybridized carbons (Fsp3) is 0.211. The van der Waals surface area contributed by atoms with Crippen molar-refractivity contribution >= 4 is 5.97 Å². The zero-order valence-corrected chi connectivity index (χ0v) is 13.2. The minimum atomic E-state index is -0.840. The van der Waals surface area contributed by atoms with Gasteiger partial charge in [0.1, 0.15) is 11.9 Å². The molecule has 1 atom stereocenters. The molecule has 2 rings (SSSR count). The monoisotopic (exact) mass is 312 g/mol. The molecule has 1 unspecified atom stereocenters. The van der Waals surface area contributed by atoms with Crippen LogP contribution >= 0.6 is 0 Å². The van der Waals surface area contributed by atoms with Gasteiger partial charge in [0.25, 0.3) is 0 Å². The molecule has 0 heterocycles. The molecular formula is C19H20O4. The predicted octanol–water partition coefficient (Wildman–Crippen LogP) is 3.61. The zero-order valence-electron chi connectivity index (χ0n) is 13.2. The van der Waals surface area contributed by atoms with E-state index in [1.165, 1.54) is 0 Å². The van der Waals surface area contributed by atoms with E-state index in [0.29, 0.717) is 11.3 Å². The van der Waals surface area contributed by atoms with Crippen LogP contribution in [0.4, 0.5) is 0 Å². The second kappa shape index (κ2) is 8.15. The Morgan fingerprint density at radius 2 is 1.78 bits per heavy atom. The quantitative estimate of drug-likeness (QED) is 0.503. The standard InChI is InChI=1S/C19H20O4/c1-3-16(19(21)22-4-2)23-17-13-9-8-12-15(17)18(20)14-10-6-5-7-11-14/h3,5-13,18,20H,4H2,1-2H3/b16-3-. The van der Waals surface area contributed by atoms with Crippen LogP contribution < -0.4 is 4.74 Å². The van der Waals surface area contributed by atoms with Gasteiger partial charge in [-0.15, -0.1) is 0 Å². The highest BCUT2D eigenvalue weighted by molar-refractivity contribution is 5.86. The van der Waals surface area contributed by atoms with Gasteiger partial charge >= 0.3 is 5.97 Å². The Balaban J connectivity index is 2.29. The van der Waals surface area contributed by atoms with E-state index in [1.54, 1.807) is 38.1 Å². The molecule has 0 aliphatic heterocycles. The highest BCUT2D eigenvalue weighted by atomic mass is 16.6. The summed E-state index contributed by atoms with van der Waals surface area (Å²) < 4.78 is 10.6. The van der Waals surface area contributed by atoms with Crippen molar-refractivity contribution < 1.29 is 19.4 Å². The van der Waals surface area contributed by atoms with Gasteiger partial charge in [-0.2, -0.15) is 0 Å². The minimum Gasteiger partial charge on any atom is -0.460 e. The van der Waals surface area contributed by atoms with Crippen molar-refractivity contribution in [1.82, 2.24) is 0 Å². The number of allylic oxidation sites excluding steroid dienone is 1. The van der Waals surface area contributed by atoms with Crippen molar-refractivity contribution in [3.8, 4) is 5.75 Å². The van der Waals surface area contributed by atoms with E-state index in [9.17, 15) is 9.90 Å². The van der Waals surface area contributed by atoms with Gasteiger partial charge in [-0.05, 0) is 31.6 Å². The molecule has 2 aromatic carbocycles. The van der Waals surface area contributed by atoms with E-state index >= 15 is 0 Å². The first-order valence-electron chi connectivity index (χ1n) is 7.50. The van der Waals surface area contributed by atoms with E-state index < -0.39 is 12.1 Å². The molecule has 4 nitrogen and oxygen atoms in total. The molecule has 2 aromatic rings. The van der Waals surface area contributed by atoms with Gasteiger partial charge < -0.3 is 14.6 Å². The van der Waals surface area contributed by atoms with Crippen LogP contribution in [0.25, 0.3) is 0 Å². The number of aliphatic hydroxyl groups excluding tert-OH is 1. The Morgan fingerprint density at radius 3 is 2.43 bits per heavy atom. The third-order valence-electron chi connectivity index (χ3n) is 3.29. The molecule has 0 aliphatic carbocycles. The van der Waals surface area contributed by atoms with Crippen molar-refractivity contribution in [2.45, 2.75) is 20.0 Å². The summed E-state index contributed by atoms with van der Waals surface area (Å²) in [4.78, 5) is 11.9. The Morgan fingerprint density at radius 1 is 1.13 bits per heavy atom. The molecule has 0 aliphatic rings. The van der Waals surface area contributed by atoms with Crippen LogP contribution in [-0.4, -0.2) is 17.7 Å². The molecule has 1 N–H and O–H groups in total. The smallest absolute Gasteiger partial charge is 0.373 e. The third-order valence-corrected chi connectivity index (χ3v) is 3.29. The van der Waals surface area contributed by atoms with Gasteiger partial charge in [-0.25, -0.2) is 4.79 Å². The highest BCUT2D eigenvalue weighted by Crippen LogP contribution is 2.31. The Hall–Kier alpha value is -2.59. The van der Waals surface area contributed by atoms with Crippen molar-refractivity contribution in [3.63, 3.8) is 0 Å². The van der Waals surface area contributed by atoms with E-state index in [2.05, 4.69) is 0 Å². The zero-order chi connectivity index (χ0) is 16.7. The number of esters is 1. The summed E-state index contributed by atoms with van der Waals surface area (Å²) in [6.07, 6.45) is 0.705. The average Bonchev–Trinajstić information content (AvgIpc) is 2.60. The molecule has 0 saturated heterocycles. The first-order valence-corrected chi connectivity index (χ1v) is 7.50. The highest BCUT2D eigenvalue weighted by Gasteiger charge is 2.18. The summed E-state index contributed by atoms with van der Waals surface area (Å²) in [5, 5.41) is 10.6. The van der Waals surface area contributed by atoms with E-state index in [1.807, 2.05) is 36.4 Å². The predicted molar refractivity (Wildman–Crippen MR) is 88.0 cm³/mol. The number of hydrogen-bond donors (Lipinski definition) is 1. The Kier molecular flexibility index (Phi) is 5.94. The van der Waals surface area contributed by atoms with Gasteiger partial charge in [0.15, 0.2) is 0 Å². The van der Waals surface area contributed by atoms with Crippen LogP contribution in [0.3, 0.4) is 0 Å². The van der Waals surface area contributed by atoms with E-state index in [4.69, 9.17) is 9.47 Å². The second-order valence-electron chi connectivity index (χ2n) is 4.83. The first kappa shape index (κ1) is 16.8. The first-order chi connectivity index (χ1) is 11.2. The van der Waals surface area contributed by atoms with Gasteiger partial charge in [0.2, 0.25) is 5.76 Å². The summed E-state index contributed by atoms with van der Waals surface area (Å²) >= 11 is 0. The molecule has 0 fully saturated rings. The molecule has 0 bridgehead atoms. The number of hydrogen-bond acceptors (Lipinski definition) is 4. The third kappa shape index (κ3) is 4.20. The normalized spacial score (nSPS) is 12.6. The van der Waals surface area contributed by atoms with Gasteiger partial charge in [-0.1, -0.05) is 48.5 Å². The molecule has 120 valence electrons. The van der Waals surface area contributed by atoms with Crippen molar-refractivity contribution in [1.29, 1.82) is 0 Å². The van der Waals surface area contributed by atoms with Crippen LogP contribution in [0, 0.1) is 0 Å². The molecule has 4 heteroatoms. The number of aliphatic hydroxyl groups is 1. The summed E-state index contributed by atoms with van der Waals surface area (Å²) in [6.45, 7) is 3.70. The topological polar surface area (TPSA) is 55.8 Å². The summed E-state index contributed by atoms with van der Waals surface area (Å²) in [5.74, 6) is -0.0106. The summed E-state index contributed by atoms with van der Waals surface area (Å²) in [7, 11) is 0. The number of para-hydroxylation sites is 1. The molecule has 0 aromatic heterocycles. The fourth-order valence-corrected chi connectivity index (χ4v) is 2.15. The lowest BCUT2D eigenvalue weighted by atomic mass is 10.0. The van der Waals surface area contributed by atoms with Crippen molar-refractivity contribution in [3.05, 3.63) is 77.6 Å². The SMILES string of the molecule is C/C=C(\Oc1ccccc1C(O)c1ccccc1)C(=O)OCC. The number of carbonyl (C=O) groups is 1. The maximum absolute atomic E-state index is 11.9. The Bertz CT molecular complexity index is 677. The average molecular weight is 312 g/mol. The van der Waals surface area contributed by atoms with Crippen LogP contribution in [-0.2, 0) is 9.53 Å². The van der Waals surface area contributed by atoms with Crippen LogP contribution in [0.1, 0.15) is 31.1 Å². The van der Waals surface area contributed by atoms with E-state index in [-0.39, 0.29) is 12.4 Å². The minimum absolute atomic E-state index is 0.0968. The molecule has 0 radical (unpaired) electrons. The second-order valence-corrected chi connectivity index (χ2v) is 4.83. The number of rotatable bonds is 6. The lowest BCUT2D eigenvalue weighted by Gasteiger charge is -2.17. The van der Waals surface area contributed by atoms with Gasteiger partial charge in [0, 0.05) is 5.56 Å². The molecule has 0 amide bonds. The van der Waals surface area contributed by atoms with E-state index in [0.717, 1.165) is 5.56 Å². The maximum atomic E-state index is 11.9. The molecular weight excluding hydrogens is 292 g/mol. The van der Waals surface area contributed by atoms with Crippen LogP contribution in [0.2, 0.25) is 0 Å². The molecule has 0 spiro atoms. The molecule has 23 heavy (non-hydrogen) atoms. The lowest BCUT2D eigenvalue weighted by Crippen LogP contribution is -2.14. The summed E-state index contributed by atoms with van der Waals surface area (Å²) in [5.41, 5.74) is 1.34. The van der Waals surface area contributed by atoms with Crippen molar-refractivity contribution in [2.24, 2.45) is 0 Å².